The highest BCUT2D eigenvalue weighted by molar-refractivity contribution is 7.99. The summed E-state index contributed by atoms with van der Waals surface area (Å²) in [4.78, 5) is 27.4. The number of rotatable bonds is 6. The number of carbonyl (C=O) groups excluding carboxylic acids is 2. The van der Waals surface area contributed by atoms with Gasteiger partial charge in [-0.15, -0.1) is 11.8 Å². The Morgan fingerprint density at radius 1 is 1.25 bits per heavy atom. The van der Waals surface area contributed by atoms with E-state index in [2.05, 4.69) is 35.7 Å². The second-order valence-corrected chi connectivity index (χ2v) is 9.18. The second-order valence-electron chi connectivity index (χ2n) is 8.18. The molecule has 1 aromatic rings. The van der Waals surface area contributed by atoms with Crippen LogP contribution >= 0.6 is 11.8 Å². The summed E-state index contributed by atoms with van der Waals surface area (Å²) in [6.45, 7) is 0.697. The Morgan fingerprint density at radius 2 is 2.00 bits per heavy atom. The van der Waals surface area contributed by atoms with Crippen LogP contribution in [0.4, 0.5) is 0 Å². The van der Waals surface area contributed by atoms with Gasteiger partial charge in [0.05, 0.1) is 18.0 Å². The molecule has 1 N–H and O–H groups in total. The third-order valence-corrected chi connectivity index (χ3v) is 7.40. The highest BCUT2D eigenvalue weighted by atomic mass is 32.2. The van der Waals surface area contributed by atoms with Crippen molar-refractivity contribution in [3.63, 3.8) is 0 Å². The topological polar surface area (TPSA) is 73.2 Å². The molecule has 2 fully saturated rings. The maximum Gasteiger partial charge on any atom is 0.242 e. The minimum absolute atomic E-state index is 0.0707. The molecular weight excluding hydrogens is 370 g/mol. The van der Waals surface area contributed by atoms with Crippen LogP contribution in [0.5, 0.6) is 0 Å². The number of benzene rings is 1. The monoisotopic (exact) mass is 397 g/mol. The Hall–Kier alpha value is -1.84. The Balaban J connectivity index is 1.27. The van der Waals surface area contributed by atoms with Crippen molar-refractivity contribution in [3.8, 4) is 6.07 Å². The highest BCUT2D eigenvalue weighted by Crippen LogP contribution is 2.31. The fourth-order valence-corrected chi connectivity index (χ4v) is 5.95. The largest absolute Gasteiger partial charge is 0.315 e. The van der Waals surface area contributed by atoms with E-state index in [4.69, 9.17) is 0 Å². The lowest BCUT2D eigenvalue weighted by Crippen LogP contribution is -2.49. The van der Waals surface area contributed by atoms with Crippen LogP contribution in [0.2, 0.25) is 0 Å². The maximum atomic E-state index is 12.9. The Kier molecular flexibility index (Phi) is 6.03. The van der Waals surface area contributed by atoms with E-state index in [1.54, 1.807) is 16.7 Å². The predicted octanol–water partition coefficient (Wildman–Crippen LogP) is 2.54. The standard InChI is InChI=1S/C22H27N3O2S/c23-12-18-13-28-14-25(18)22(27)21-19(8-9-24-21)20(26)7-3-4-15-10-16-5-1-2-6-17(16)11-15/h1-2,5-6,15,18-19,21,24H,3-4,7-11,13-14H2/t18-,19?,21-/m1/s1. The van der Waals surface area contributed by atoms with Gasteiger partial charge in [0.25, 0.3) is 0 Å². The van der Waals surface area contributed by atoms with Gasteiger partial charge in [0.2, 0.25) is 5.91 Å². The van der Waals surface area contributed by atoms with E-state index in [0.717, 1.165) is 32.1 Å². The minimum Gasteiger partial charge on any atom is -0.315 e. The molecule has 4 rings (SSSR count). The zero-order chi connectivity index (χ0) is 19.5. The van der Waals surface area contributed by atoms with E-state index in [1.807, 2.05) is 0 Å². The fourth-order valence-electron chi connectivity index (χ4n) is 4.86. The molecule has 2 heterocycles. The van der Waals surface area contributed by atoms with Crippen molar-refractivity contribution in [1.29, 1.82) is 5.26 Å². The number of carbonyl (C=O) groups is 2. The van der Waals surface area contributed by atoms with Crippen molar-refractivity contribution in [3.05, 3.63) is 35.4 Å². The van der Waals surface area contributed by atoms with Gasteiger partial charge < -0.3 is 10.2 Å². The van der Waals surface area contributed by atoms with Crippen LogP contribution in [-0.2, 0) is 22.4 Å². The molecule has 6 heteroatoms. The van der Waals surface area contributed by atoms with Crippen molar-refractivity contribution in [2.24, 2.45) is 11.8 Å². The number of amides is 1. The van der Waals surface area contributed by atoms with E-state index in [1.165, 1.54) is 11.1 Å². The van der Waals surface area contributed by atoms with E-state index in [0.29, 0.717) is 30.5 Å². The van der Waals surface area contributed by atoms with Crippen molar-refractivity contribution in [1.82, 2.24) is 10.2 Å². The third-order valence-electron chi connectivity index (χ3n) is 6.39. The van der Waals surface area contributed by atoms with Gasteiger partial charge in [-0.25, -0.2) is 0 Å². The number of hydrogen-bond acceptors (Lipinski definition) is 5. The van der Waals surface area contributed by atoms with Gasteiger partial charge in [0, 0.05) is 18.1 Å². The lowest BCUT2D eigenvalue weighted by atomic mass is 9.90. The molecule has 1 aliphatic carbocycles. The van der Waals surface area contributed by atoms with Crippen LogP contribution in [0.1, 0.15) is 36.8 Å². The molecule has 0 aromatic heterocycles. The van der Waals surface area contributed by atoms with Crippen LogP contribution < -0.4 is 5.32 Å². The molecule has 2 saturated heterocycles. The number of nitrogens with zero attached hydrogens (tertiary/aromatic N) is 2. The summed E-state index contributed by atoms with van der Waals surface area (Å²) in [5.41, 5.74) is 2.92. The second kappa shape index (κ2) is 8.67. The molecule has 3 atom stereocenters. The average molecular weight is 398 g/mol. The molecule has 0 bridgehead atoms. The molecule has 0 radical (unpaired) electrons. The molecule has 1 aromatic carbocycles. The SMILES string of the molecule is N#C[C@@H]1CSCN1C(=O)[C@@H]1NCCC1C(=O)CCCC1Cc2ccccc2C1. The fraction of sp³-hybridized carbons (Fsp3) is 0.591. The van der Waals surface area contributed by atoms with Gasteiger partial charge in [-0.1, -0.05) is 24.3 Å². The summed E-state index contributed by atoms with van der Waals surface area (Å²) in [7, 11) is 0. The number of hydrogen-bond donors (Lipinski definition) is 1. The molecule has 2 aliphatic heterocycles. The van der Waals surface area contributed by atoms with Crippen LogP contribution in [0.3, 0.4) is 0 Å². The Bertz CT molecular complexity index is 765. The first-order valence-electron chi connectivity index (χ1n) is 10.3. The first kappa shape index (κ1) is 19.5. The molecule has 0 spiro atoms. The molecule has 1 unspecified atom stereocenters. The molecule has 28 heavy (non-hydrogen) atoms. The maximum absolute atomic E-state index is 12.9. The zero-order valence-electron chi connectivity index (χ0n) is 16.1. The van der Waals surface area contributed by atoms with E-state index >= 15 is 0 Å². The molecular formula is C22H27N3O2S. The number of Topliss-reactive ketones (excluding diaryl/α,β-unsaturated/α-hetero) is 1. The van der Waals surface area contributed by atoms with Gasteiger partial charge in [0.15, 0.2) is 0 Å². The van der Waals surface area contributed by atoms with Crippen molar-refractivity contribution >= 4 is 23.5 Å². The number of fused-ring (bicyclic) bond motifs is 1. The number of nitrogens with one attached hydrogen (secondary N) is 1. The molecule has 0 saturated carbocycles. The summed E-state index contributed by atoms with van der Waals surface area (Å²) >= 11 is 1.60. The van der Waals surface area contributed by atoms with Crippen LogP contribution in [-0.4, -0.2) is 46.8 Å². The van der Waals surface area contributed by atoms with E-state index in [-0.39, 0.29) is 23.7 Å². The van der Waals surface area contributed by atoms with E-state index < -0.39 is 6.04 Å². The third kappa shape index (κ3) is 3.97. The summed E-state index contributed by atoms with van der Waals surface area (Å²) in [6.07, 6.45) is 5.49. The summed E-state index contributed by atoms with van der Waals surface area (Å²) < 4.78 is 0. The number of thioether (sulfide) groups is 1. The first-order valence-corrected chi connectivity index (χ1v) is 11.4. The van der Waals surface area contributed by atoms with Crippen molar-refractivity contribution < 1.29 is 9.59 Å². The Morgan fingerprint density at radius 3 is 2.71 bits per heavy atom. The smallest absolute Gasteiger partial charge is 0.242 e. The summed E-state index contributed by atoms with van der Waals surface area (Å²) in [5, 5.41) is 12.5. The van der Waals surface area contributed by atoms with Crippen LogP contribution in [0.15, 0.2) is 24.3 Å². The van der Waals surface area contributed by atoms with Crippen molar-refractivity contribution in [2.45, 2.75) is 50.6 Å². The van der Waals surface area contributed by atoms with Gasteiger partial charge in [-0.05, 0) is 55.7 Å². The highest BCUT2D eigenvalue weighted by Gasteiger charge is 2.42. The van der Waals surface area contributed by atoms with Crippen LogP contribution in [0, 0.1) is 23.2 Å². The normalized spacial score (nSPS) is 27.0. The molecule has 1 amide bonds. The molecule has 3 aliphatic rings. The van der Waals surface area contributed by atoms with Gasteiger partial charge in [-0.2, -0.15) is 5.26 Å². The predicted molar refractivity (Wildman–Crippen MR) is 110 cm³/mol. The summed E-state index contributed by atoms with van der Waals surface area (Å²) in [5.74, 6) is 1.76. The first-order chi connectivity index (χ1) is 13.7. The molecule has 5 nitrogen and oxygen atoms in total. The van der Waals surface area contributed by atoms with E-state index in [9.17, 15) is 14.9 Å². The average Bonchev–Trinajstić information content (AvgIpc) is 3.45. The van der Waals surface area contributed by atoms with Gasteiger partial charge in [-0.3, -0.25) is 9.59 Å². The van der Waals surface area contributed by atoms with Crippen molar-refractivity contribution in [2.75, 3.05) is 18.2 Å². The molecule has 148 valence electrons. The Labute approximate surface area is 170 Å². The van der Waals surface area contributed by atoms with Crippen LogP contribution in [0.25, 0.3) is 0 Å². The van der Waals surface area contributed by atoms with Gasteiger partial charge in [0.1, 0.15) is 11.8 Å². The minimum atomic E-state index is -0.446. The van der Waals surface area contributed by atoms with Gasteiger partial charge >= 0.3 is 0 Å². The summed E-state index contributed by atoms with van der Waals surface area (Å²) in [6, 6.07) is 10.0. The lowest BCUT2D eigenvalue weighted by Gasteiger charge is -2.25. The lowest BCUT2D eigenvalue weighted by molar-refractivity contribution is -0.137. The quantitative estimate of drug-likeness (QED) is 0.799. The zero-order valence-corrected chi connectivity index (χ0v) is 16.9. The number of nitriles is 1. The number of ketones is 1.